The largest absolute Gasteiger partial charge is 0.325 e. The van der Waals surface area contributed by atoms with Gasteiger partial charge >= 0.3 is 0 Å². The van der Waals surface area contributed by atoms with Crippen molar-refractivity contribution >= 4 is 45.9 Å². The Morgan fingerprint density at radius 3 is 2.36 bits per heavy atom. The minimum atomic E-state index is 0.00411. The minimum absolute atomic E-state index is 0.00411. The first-order valence-corrected chi connectivity index (χ1v) is 9.24. The number of nitrogens with one attached hydrogen (secondary N) is 1. The zero-order valence-corrected chi connectivity index (χ0v) is 15.6. The Bertz CT molecular complexity index is 614. The predicted octanol–water partition coefficient (Wildman–Crippen LogP) is 4.08. The van der Waals surface area contributed by atoms with Crippen molar-refractivity contribution in [2.24, 2.45) is 0 Å². The first-order chi connectivity index (χ1) is 10.6. The fraction of sp³-hybridized carbons (Fsp3) is 0.235. The average Bonchev–Trinajstić information content (AvgIpc) is 2.50. The highest BCUT2D eigenvalue weighted by Gasteiger charge is 2.07. The number of rotatable bonds is 6. The highest BCUT2D eigenvalue weighted by Crippen LogP contribution is 2.15. The van der Waals surface area contributed by atoms with E-state index in [1.54, 1.807) is 11.8 Å². The van der Waals surface area contributed by atoms with Crippen LogP contribution in [-0.2, 0) is 11.3 Å². The van der Waals surface area contributed by atoms with Crippen LogP contribution in [0.25, 0.3) is 0 Å². The molecule has 0 fully saturated rings. The molecule has 116 valence electrons. The Morgan fingerprint density at radius 1 is 1.14 bits per heavy atom. The van der Waals surface area contributed by atoms with E-state index in [0.29, 0.717) is 6.54 Å². The second kappa shape index (κ2) is 8.55. The molecule has 0 radical (unpaired) electrons. The summed E-state index contributed by atoms with van der Waals surface area (Å²) in [6.07, 6.45) is 2.07. The predicted molar refractivity (Wildman–Crippen MR) is 102 cm³/mol. The molecule has 2 rings (SSSR count). The number of likely N-dealkylation sites (N-methyl/N-ethyl adjacent to an activating group) is 1. The molecule has 0 atom stereocenters. The lowest BCUT2D eigenvalue weighted by atomic mass is 10.2. The summed E-state index contributed by atoms with van der Waals surface area (Å²) in [7, 11) is 1.95. The zero-order chi connectivity index (χ0) is 15.9. The molecule has 0 saturated heterocycles. The summed E-state index contributed by atoms with van der Waals surface area (Å²) >= 11 is 3.98. The van der Waals surface area contributed by atoms with Gasteiger partial charge in [-0.05, 0) is 77.9 Å². The summed E-state index contributed by atoms with van der Waals surface area (Å²) in [6.45, 7) is 1.13. The second-order valence-corrected chi connectivity index (χ2v) is 7.20. The van der Waals surface area contributed by atoms with Gasteiger partial charge in [0.25, 0.3) is 0 Å². The van der Waals surface area contributed by atoms with E-state index in [2.05, 4.69) is 58.4 Å². The molecular formula is C17H19IN2OS. The van der Waals surface area contributed by atoms with Crippen LogP contribution >= 0.6 is 34.4 Å². The summed E-state index contributed by atoms with van der Waals surface area (Å²) in [5.41, 5.74) is 2.05. The molecule has 5 heteroatoms. The number of halogens is 1. The Kier molecular flexibility index (Phi) is 6.72. The third-order valence-corrected chi connectivity index (χ3v) is 4.62. The van der Waals surface area contributed by atoms with Crippen LogP contribution in [0.3, 0.4) is 0 Å². The molecule has 22 heavy (non-hydrogen) atoms. The van der Waals surface area contributed by atoms with E-state index in [1.807, 2.05) is 36.2 Å². The highest BCUT2D eigenvalue weighted by atomic mass is 127. The van der Waals surface area contributed by atoms with Crippen LogP contribution in [-0.4, -0.2) is 30.7 Å². The number of carbonyl (C=O) groups is 1. The number of thioether (sulfide) groups is 1. The summed E-state index contributed by atoms with van der Waals surface area (Å²) in [5, 5.41) is 2.92. The molecule has 2 aromatic carbocycles. The molecule has 0 bridgehead atoms. The lowest BCUT2D eigenvalue weighted by molar-refractivity contribution is -0.117. The second-order valence-electron chi connectivity index (χ2n) is 5.08. The Balaban J connectivity index is 1.83. The standard InChI is InChI=1S/C17H19IN2OS/c1-20(11-13-3-9-16(22-2)10-4-13)12-17(21)19-15-7-5-14(18)6-8-15/h3-10H,11-12H2,1-2H3,(H,19,21). The maximum absolute atomic E-state index is 12.0. The van der Waals surface area contributed by atoms with Crippen LogP contribution in [0.4, 0.5) is 5.69 Å². The SMILES string of the molecule is CSc1ccc(CN(C)CC(=O)Nc2ccc(I)cc2)cc1. The maximum Gasteiger partial charge on any atom is 0.238 e. The monoisotopic (exact) mass is 426 g/mol. The van der Waals surface area contributed by atoms with Crippen LogP contribution < -0.4 is 5.32 Å². The number of nitrogens with zero attached hydrogens (tertiary/aromatic N) is 1. The number of anilines is 1. The summed E-state index contributed by atoms with van der Waals surface area (Å²) in [6, 6.07) is 16.2. The van der Waals surface area contributed by atoms with Gasteiger partial charge in [0.2, 0.25) is 5.91 Å². The molecule has 0 unspecified atom stereocenters. The van der Waals surface area contributed by atoms with Gasteiger partial charge in [-0.1, -0.05) is 12.1 Å². The lowest BCUT2D eigenvalue weighted by Crippen LogP contribution is -2.29. The van der Waals surface area contributed by atoms with Gasteiger partial charge in [0, 0.05) is 20.7 Å². The van der Waals surface area contributed by atoms with Crippen LogP contribution in [0, 0.1) is 3.57 Å². The molecular weight excluding hydrogens is 407 g/mol. The van der Waals surface area contributed by atoms with Gasteiger partial charge in [0.05, 0.1) is 6.54 Å². The normalized spacial score (nSPS) is 10.7. The molecule has 0 aliphatic rings. The topological polar surface area (TPSA) is 32.3 Å². The Labute approximate surface area is 149 Å². The summed E-state index contributed by atoms with van der Waals surface area (Å²) in [4.78, 5) is 15.3. The van der Waals surface area contributed by atoms with E-state index >= 15 is 0 Å². The van der Waals surface area contributed by atoms with Gasteiger partial charge in [-0.15, -0.1) is 11.8 Å². The molecule has 0 aliphatic carbocycles. The fourth-order valence-corrected chi connectivity index (χ4v) is 2.85. The molecule has 0 aliphatic heterocycles. The van der Waals surface area contributed by atoms with E-state index in [9.17, 15) is 4.79 Å². The van der Waals surface area contributed by atoms with E-state index in [4.69, 9.17) is 0 Å². The van der Waals surface area contributed by atoms with Crippen LogP contribution in [0.1, 0.15) is 5.56 Å². The first-order valence-electron chi connectivity index (χ1n) is 6.93. The number of hydrogen-bond acceptors (Lipinski definition) is 3. The van der Waals surface area contributed by atoms with E-state index in [-0.39, 0.29) is 5.91 Å². The van der Waals surface area contributed by atoms with Crippen molar-refractivity contribution in [2.45, 2.75) is 11.4 Å². The van der Waals surface area contributed by atoms with Crippen LogP contribution in [0.2, 0.25) is 0 Å². The van der Waals surface area contributed by atoms with Crippen molar-refractivity contribution in [2.75, 3.05) is 25.2 Å². The molecule has 0 heterocycles. The van der Waals surface area contributed by atoms with Crippen molar-refractivity contribution < 1.29 is 4.79 Å². The van der Waals surface area contributed by atoms with Crippen LogP contribution in [0.15, 0.2) is 53.4 Å². The number of amides is 1. The Hall–Kier alpha value is -1.05. The van der Waals surface area contributed by atoms with Crippen molar-refractivity contribution in [3.05, 3.63) is 57.7 Å². The molecule has 0 aromatic heterocycles. The quantitative estimate of drug-likeness (QED) is 0.558. The van der Waals surface area contributed by atoms with Crippen molar-refractivity contribution in [1.82, 2.24) is 4.90 Å². The van der Waals surface area contributed by atoms with E-state index in [0.717, 1.165) is 15.8 Å². The van der Waals surface area contributed by atoms with Gasteiger partial charge in [0.15, 0.2) is 0 Å². The average molecular weight is 426 g/mol. The molecule has 2 aromatic rings. The third kappa shape index (κ3) is 5.62. The molecule has 1 amide bonds. The zero-order valence-electron chi connectivity index (χ0n) is 12.7. The lowest BCUT2D eigenvalue weighted by Gasteiger charge is -2.16. The van der Waals surface area contributed by atoms with Gasteiger partial charge in [-0.25, -0.2) is 0 Å². The number of benzene rings is 2. The highest BCUT2D eigenvalue weighted by molar-refractivity contribution is 14.1. The fourth-order valence-electron chi connectivity index (χ4n) is 2.08. The molecule has 0 saturated carbocycles. The van der Waals surface area contributed by atoms with Gasteiger partial charge in [0.1, 0.15) is 0 Å². The molecule has 0 spiro atoms. The molecule has 1 N–H and O–H groups in total. The van der Waals surface area contributed by atoms with Gasteiger partial charge < -0.3 is 5.32 Å². The number of carbonyl (C=O) groups excluding carboxylic acids is 1. The van der Waals surface area contributed by atoms with Crippen molar-refractivity contribution in [3.63, 3.8) is 0 Å². The van der Waals surface area contributed by atoms with Crippen molar-refractivity contribution in [1.29, 1.82) is 0 Å². The van der Waals surface area contributed by atoms with E-state index in [1.165, 1.54) is 10.5 Å². The van der Waals surface area contributed by atoms with Gasteiger partial charge in [-0.2, -0.15) is 0 Å². The summed E-state index contributed by atoms with van der Waals surface area (Å²) in [5.74, 6) is 0.00411. The van der Waals surface area contributed by atoms with E-state index < -0.39 is 0 Å². The third-order valence-electron chi connectivity index (χ3n) is 3.15. The molecule has 3 nitrogen and oxygen atoms in total. The summed E-state index contributed by atoms with van der Waals surface area (Å²) < 4.78 is 1.15. The minimum Gasteiger partial charge on any atom is -0.325 e. The van der Waals surface area contributed by atoms with Crippen molar-refractivity contribution in [3.8, 4) is 0 Å². The smallest absolute Gasteiger partial charge is 0.238 e. The van der Waals surface area contributed by atoms with Crippen LogP contribution in [0.5, 0.6) is 0 Å². The Morgan fingerprint density at radius 2 is 1.77 bits per heavy atom. The first kappa shape index (κ1) is 17.3. The maximum atomic E-state index is 12.0. The van der Waals surface area contributed by atoms with Gasteiger partial charge in [-0.3, -0.25) is 9.69 Å². The number of hydrogen-bond donors (Lipinski definition) is 1.